The van der Waals surface area contributed by atoms with Gasteiger partial charge in [-0.15, -0.1) is 0 Å². The van der Waals surface area contributed by atoms with Crippen molar-refractivity contribution in [1.29, 1.82) is 0 Å². The SMILES string of the molecule is COc1ccccc1Oc1cncc(C2=C[C@@H]3CNC[C@H](C2)C3)c1. The second kappa shape index (κ2) is 6.65. The summed E-state index contributed by atoms with van der Waals surface area (Å²) >= 11 is 0. The first-order valence-corrected chi connectivity index (χ1v) is 8.49. The molecule has 1 N–H and O–H groups in total. The molecular formula is C20H22N2O2. The summed E-state index contributed by atoms with van der Waals surface area (Å²) in [6.07, 6.45) is 8.52. The molecule has 2 heterocycles. The number of pyridine rings is 1. The minimum absolute atomic E-state index is 0.645. The number of nitrogens with zero attached hydrogens (tertiary/aromatic N) is 1. The Kier molecular flexibility index (Phi) is 4.22. The molecule has 1 aliphatic carbocycles. The number of benzene rings is 1. The van der Waals surface area contributed by atoms with E-state index in [0.29, 0.717) is 11.7 Å². The van der Waals surface area contributed by atoms with E-state index in [4.69, 9.17) is 9.47 Å². The van der Waals surface area contributed by atoms with Gasteiger partial charge in [-0.25, -0.2) is 0 Å². The third kappa shape index (κ3) is 3.15. The predicted octanol–water partition coefficient (Wildman–Crippen LogP) is 3.90. The molecular weight excluding hydrogens is 300 g/mol. The zero-order valence-electron chi connectivity index (χ0n) is 13.9. The number of hydrogen-bond donors (Lipinski definition) is 1. The van der Waals surface area contributed by atoms with Gasteiger partial charge in [-0.2, -0.15) is 0 Å². The Bertz CT molecular complexity index is 757. The Hall–Kier alpha value is -2.33. The van der Waals surface area contributed by atoms with E-state index < -0.39 is 0 Å². The molecule has 0 saturated carbocycles. The topological polar surface area (TPSA) is 43.4 Å². The fraction of sp³-hybridized carbons (Fsp3) is 0.350. The van der Waals surface area contributed by atoms with Gasteiger partial charge in [0.2, 0.25) is 0 Å². The van der Waals surface area contributed by atoms with Crippen LogP contribution >= 0.6 is 0 Å². The van der Waals surface area contributed by atoms with E-state index in [0.717, 1.165) is 36.9 Å². The van der Waals surface area contributed by atoms with Crippen molar-refractivity contribution in [1.82, 2.24) is 10.3 Å². The van der Waals surface area contributed by atoms with E-state index in [1.54, 1.807) is 13.3 Å². The van der Waals surface area contributed by atoms with Gasteiger partial charge in [0, 0.05) is 12.7 Å². The predicted molar refractivity (Wildman–Crippen MR) is 94.4 cm³/mol. The summed E-state index contributed by atoms with van der Waals surface area (Å²) in [4.78, 5) is 4.38. The molecule has 1 fully saturated rings. The molecule has 0 amide bonds. The number of allylic oxidation sites excluding steroid dienone is 1. The van der Waals surface area contributed by atoms with Gasteiger partial charge in [-0.05, 0) is 60.6 Å². The third-order valence-electron chi connectivity index (χ3n) is 4.80. The number of piperidine rings is 1. The van der Waals surface area contributed by atoms with Crippen molar-refractivity contribution in [2.24, 2.45) is 11.8 Å². The summed E-state index contributed by atoms with van der Waals surface area (Å²) in [5.41, 5.74) is 2.56. The van der Waals surface area contributed by atoms with Crippen LogP contribution in [0.15, 0.2) is 48.8 Å². The molecule has 124 valence electrons. The fourth-order valence-electron chi connectivity index (χ4n) is 3.71. The van der Waals surface area contributed by atoms with E-state index >= 15 is 0 Å². The van der Waals surface area contributed by atoms with Crippen molar-refractivity contribution in [3.8, 4) is 17.2 Å². The summed E-state index contributed by atoms with van der Waals surface area (Å²) in [5.74, 6) is 3.55. The lowest BCUT2D eigenvalue weighted by atomic mass is 9.78. The lowest BCUT2D eigenvalue weighted by molar-refractivity contribution is 0.316. The van der Waals surface area contributed by atoms with Gasteiger partial charge in [0.15, 0.2) is 11.5 Å². The summed E-state index contributed by atoms with van der Waals surface area (Å²) in [7, 11) is 1.65. The number of aromatic nitrogens is 1. The van der Waals surface area contributed by atoms with E-state index in [1.165, 1.54) is 17.6 Å². The molecule has 2 bridgehead atoms. The molecule has 1 aromatic heterocycles. The minimum atomic E-state index is 0.645. The molecule has 0 spiro atoms. The summed E-state index contributed by atoms with van der Waals surface area (Å²) < 4.78 is 11.3. The number of ether oxygens (including phenoxy) is 2. The highest BCUT2D eigenvalue weighted by Gasteiger charge is 2.26. The summed E-state index contributed by atoms with van der Waals surface area (Å²) in [6, 6.07) is 9.75. The van der Waals surface area contributed by atoms with Crippen molar-refractivity contribution in [2.75, 3.05) is 20.2 Å². The second-order valence-electron chi connectivity index (χ2n) is 6.58. The number of rotatable bonds is 4. The maximum Gasteiger partial charge on any atom is 0.169 e. The monoisotopic (exact) mass is 322 g/mol. The molecule has 2 atom stereocenters. The highest BCUT2D eigenvalue weighted by atomic mass is 16.5. The van der Waals surface area contributed by atoms with Gasteiger partial charge in [0.1, 0.15) is 5.75 Å². The Labute approximate surface area is 142 Å². The number of methoxy groups -OCH3 is 1. The first-order chi connectivity index (χ1) is 11.8. The highest BCUT2D eigenvalue weighted by molar-refractivity contribution is 5.67. The number of nitrogens with one attached hydrogen (secondary N) is 1. The van der Waals surface area contributed by atoms with Crippen molar-refractivity contribution in [3.05, 3.63) is 54.4 Å². The first-order valence-electron chi connectivity index (χ1n) is 8.49. The maximum absolute atomic E-state index is 6.00. The Balaban J connectivity index is 1.59. The molecule has 0 radical (unpaired) electrons. The third-order valence-corrected chi connectivity index (χ3v) is 4.80. The van der Waals surface area contributed by atoms with Crippen molar-refractivity contribution >= 4 is 5.57 Å². The average molecular weight is 322 g/mol. The fourth-order valence-corrected chi connectivity index (χ4v) is 3.71. The van der Waals surface area contributed by atoms with Crippen molar-refractivity contribution < 1.29 is 9.47 Å². The van der Waals surface area contributed by atoms with Crippen LogP contribution in [0.4, 0.5) is 0 Å². The Morgan fingerprint density at radius 2 is 2.00 bits per heavy atom. The minimum Gasteiger partial charge on any atom is -0.493 e. The van der Waals surface area contributed by atoms with Gasteiger partial charge < -0.3 is 14.8 Å². The van der Waals surface area contributed by atoms with Crippen molar-refractivity contribution in [2.45, 2.75) is 12.8 Å². The van der Waals surface area contributed by atoms with Gasteiger partial charge in [0.05, 0.1) is 13.3 Å². The smallest absolute Gasteiger partial charge is 0.169 e. The Morgan fingerprint density at radius 1 is 1.12 bits per heavy atom. The van der Waals surface area contributed by atoms with Crippen LogP contribution in [0.2, 0.25) is 0 Å². The van der Waals surface area contributed by atoms with E-state index in [1.807, 2.05) is 30.5 Å². The van der Waals surface area contributed by atoms with Crippen LogP contribution in [0, 0.1) is 11.8 Å². The lowest BCUT2D eigenvalue weighted by Gasteiger charge is -2.34. The molecule has 4 heteroatoms. The van der Waals surface area contributed by atoms with Gasteiger partial charge >= 0.3 is 0 Å². The standard InChI is InChI=1S/C20H22N2O2/c1-23-19-4-2-3-5-20(19)24-18-9-17(12-22-13-18)16-7-14-6-15(8-16)11-21-10-14/h2-5,7,9,12-15,21H,6,8,10-11H2,1H3/t14-,15+/m1/s1. The number of para-hydroxylation sites is 2. The average Bonchev–Trinajstić information content (AvgIpc) is 2.62. The molecule has 4 nitrogen and oxygen atoms in total. The van der Waals surface area contributed by atoms with E-state index in [9.17, 15) is 0 Å². The maximum atomic E-state index is 6.00. The Morgan fingerprint density at radius 3 is 2.83 bits per heavy atom. The van der Waals surface area contributed by atoms with Crippen LogP contribution < -0.4 is 14.8 Å². The molecule has 1 saturated heterocycles. The van der Waals surface area contributed by atoms with Gasteiger partial charge in [0.25, 0.3) is 0 Å². The number of fused-ring (bicyclic) bond motifs is 2. The molecule has 1 aliphatic heterocycles. The zero-order valence-corrected chi connectivity index (χ0v) is 13.9. The van der Waals surface area contributed by atoms with E-state index in [-0.39, 0.29) is 0 Å². The highest BCUT2D eigenvalue weighted by Crippen LogP contribution is 2.37. The van der Waals surface area contributed by atoms with E-state index in [2.05, 4.69) is 22.4 Å². The van der Waals surface area contributed by atoms with Crippen LogP contribution in [-0.4, -0.2) is 25.2 Å². The largest absolute Gasteiger partial charge is 0.493 e. The normalized spacial score (nSPS) is 22.6. The van der Waals surface area contributed by atoms with Crippen LogP contribution in [-0.2, 0) is 0 Å². The lowest BCUT2D eigenvalue weighted by Crippen LogP contribution is -2.37. The van der Waals surface area contributed by atoms with Crippen LogP contribution in [0.3, 0.4) is 0 Å². The van der Waals surface area contributed by atoms with Crippen LogP contribution in [0.25, 0.3) is 5.57 Å². The molecule has 4 rings (SSSR count). The summed E-state index contributed by atoms with van der Waals surface area (Å²) in [6.45, 7) is 2.21. The van der Waals surface area contributed by atoms with Gasteiger partial charge in [-0.1, -0.05) is 18.2 Å². The second-order valence-corrected chi connectivity index (χ2v) is 6.58. The molecule has 2 aliphatic rings. The van der Waals surface area contributed by atoms with Crippen LogP contribution in [0.1, 0.15) is 18.4 Å². The molecule has 1 aromatic carbocycles. The molecule has 0 unspecified atom stereocenters. The first kappa shape index (κ1) is 15.2. The summed E-state index contributed by atoms with van der Waals surface area (Å²) in [5, 5.41) is 3.52. The zero-order chi connectivity index (χ0) is 16.4. The van der Waals surface area contributed by atoms with Crippen LogP contribution in [0.5, 0.6) is 17.2 Å². The molecule has 24 heavy (non-hydrogen) atoms. The quantitative estimate of drug-likeness (QED) is 0.927. The van der Waals surface area contributed by atoms with Gasteiger partial charge in [-0.3, -0.25) is 4.98 Å². The number of hydrogen-bond acceptors (Lipinski definition) is 4. The van der Waals surface area contributed by atoms with Crippen molar-refractivity contribution in [3.63, 3.8) is 0 Å². The molecule has 2 aromatic rings.